The molecular weight excluding hydrogens is 276 g/mol. The lowest BCUT2D eigenvalue weighted by molar-refractivity contribution is 0.147. The van der Waals surface area contributed by atoms with Crippen molar-refractivity contribution < 1.29 is 9.84 Å². The Bertz CT molecular complexity index is 592. The molecule has 1 aromatic carbocycles. The lowest BCUT2D eigenvalue weighted by Crippen LogP contribution is -2.23. The number of aliphatic hydroxyl groups excluding tert-OH is 1. The van der Waals surface area contributed by atoms with Gasteiger partial charge in [0.2, 0.25) is 0 Å². The maximum Gasteiger partial charge on any atom is 0.0926 e. The van der Waals surface area contributed by atoms with Crippen LogP contribution >= 0.6 is 0 Å². The second-order valence-corrected chi connectivity index (χ2v) is 6.46. The monoisotopic (exact) mass is 304 g/mol. The number of methoxy groups -OCH3 is 1. The van der Waals surface area contributed by atoms with Crippen molar-refractivity contribution in [1.29, 1.82) is 0 Å². The molecule has 1 heterocycles. The van der Waals surface area contributed by atoms with Crippen molar-refractivity contribution in [2.45, 2.75) is 39.5 Å². The first-order valence-corrected chi connectivity index (χ1v) is 8.12. The Morgan fingerprint density at radius 3 is 2.73 bits per heavy atom. The number of nitrogens with zero attached hydrogens (tertiary/aromatic N) is 1. The topological polar surface area (TPSA) is 58.1 Å². The number of ether oxygens (including phenoxy) is 1. The van der Waals surface area contributed by atoms with Gasteiger partial charge in [-0.05, 0) is 49.1 Å². The highest BCUT2D eigenvalue weighted by Gasteiger charge is 2.25. The molecule has 0 radical (unpaired) electrons. The Balaban J connectivity index is 2.31. The molecule has 0 saturated heterocycles. The maximum absolute atomic E-state index is 9.85. The van der Waals surface area contributed by atoms with Gasteiger partial charge in [0, 0.05) is 31.4 Å². The van der Waals surface area contributed by atoms with Crippen LogP contribution < -0.4 is 0 Å². The molecule has 22 heavy (non-hydrogen) atoms. The quantitative estimate of drug-likeness (QED) is 0.732. The zero-order valence-corrected chi connectivity index (χ0v) is 14.1. The van der Waals surface area contributed by atoms with Gasteiger partial charge in [-0.3, -0.25) is 5.10 Å². The van der Waals surface area contributed by atoms with Crippen molar-refractivity contribution in [2.75, 3.05) is 20.3 Å². The van der Waals surface area contributed by atoms with E-state index in [-0.39, 0.29) is 12.5 Å². The van der Waals surface area contributed by atoms with Gasteiger partial charge in [-0.2, -0.15) is 5.10 Å². The minimum atomic E-state index is 0.215. The number of rotatable bonds is 8. The van der Waals surface area contributed by atoms with E-state index in [1.807, 2.05) is 6.92 Å². The average Bonchev–Trinajstić information content (AvgIpc) is 2.87. The Morgan fingerprint density at radius 2 is 2.09 bits per heavy atom. The Morgan fingerprint density at radius 1 is 1.32 bits per heavy atom. The van der Waals surface area contributed by atoms with Crippen LogP contribution in [0.4, 0.5) is 0 Å². The van der Waals surface area contributed by atoms with Gasteiger partial charge >= 0.3 is 0 Å². The third-order valence-corrected chi connectivity index (χ3v) is 4.65. The van der Waals surface area contributed by atoms with Gasteiger partial charge in [-0.15, -0.1) is 0 Å². The zero-order chi connectivity index (χ0) is 16.1. The minimum absolute atomic E-state index is 0.215. The average molecular weight is 304 g/mol. The van der Waals surface area contributed by atoms with Crippen LogP contribution in [-0.2, 0) is 4.74 Å². The third kappa shape index (κ3) is 3.68. The zero-order valence-electron chi connectivity index (χ0n) is 14.1. The first-order valence-electron chi connectivity index (χ1n) is 8.12. The molecule has 122 valence electrons. The number of H-pyrrole nitrogens is 1. The normalized spacial score (nSPS) is 14.6. The molecule has 0 bridgehead atoms. The first kappa shape index (κ1) is 17.0. The summed E-state index contributed by atoms with van der Waals surface area (Å²) in [4.78, 5) is 0. The molecule has 2 aromatic rings. The second-order valence-electron chi connectivity index (χ2n) is 6.46. The van der Waals surface area contributed by atoms with Gasteiger partial charge in [0.1, 0.15) is 0 Å². The van der Waals surface area contributed by atoms with Gasteiger partial charge < -0.3 is 9.84 Å². The third-order valence-electron chi connectivity index (χ3n) is 4.65. The van der Waals surface area contributed by atoms with Crippen molar-refractivity contribution >= 4 is 10.9 Å². The molecule has 1 aromatic heterocycles. The molecule has 2 N–H and O–H groups in total. The molecule has 0 spiro atoms. The fraction of sp³-hybridized carbons (Fsp3) is 0.611. The number of nitrogens with one attached hydrogen (secondary N) is 1. The highest BCUT2D eigenvalue weighted by molar-refractivity contribution is 5.81. The highest BCUT2D eigenvalue weighted by atomic mass is 16.5. The van der Waals surface area contributed by atoms with E-state index in [1.165, 1.54) is 10.9 Å². The summed E-state index contributed by atoms with van der Waals surface area (Å²) in [6, 6.07) is 6.50. The maximum atomic E-state index is 9.85. The van der Waals surface area contributed by atoms with E-state index in [4.69, 9.17) is 4.74 Å². The molecule has 4 heteroatoms. The summed E-state index contributed by atoms with van der Waals surface area (Å²) >= 11 is 0. The molecule has 0 amide bonds. The molecule has 0 fully saturated rings. The minimum Gasteiger partial charge on any atom is -0.396 e. The van der Waals surface area contributed by atoms with Crippen molar-refractivity contribution in [3.05, 3.63) is 29.5 Å². The summed E-state index contributed by atoms with van der Waals surface area (Å²) in [6.45, 7) is 7.38. The number of fused-ring (bicyclic) bond motifs is 1. The van der Waals surface area contributed by atoms with Crippen molar-refractivity contribution in [1.82, 2.24) is 10.2 Å². The number of aryl methyl sites for hydroxylation is 1. The molecule has 4 nitrogen and oxygen atoms in total. The van der Waals surface area contributed by atoms with Crippen LogP contribution in [-0.4, -0.2) is 35.6 Å². The number of aromatic nitrogens is 2. The largest absolute Gasteiger partial charge is 0.396 e. The smallest absolute Gasteiger partial charge is 0.0926 e. The highest BCUT2D eigenvalue weighted by Crippen LogP contribution is 2.35. The van der Waals surface area contributed by atoms with E-state index in [0.29, 0.717) is 11.8 Å². The number of aromatic amines is 1. The van der Waals surface area contributed by atoms with Gasteiger partial charge in [-0.25, -0.2) is 0 Å². The van der Waals surface area contributed by atoms with Crippen LogP contribution in [0.3, 0.4) is 0 Å². The molecule has 0 aliphatic heterocycles. The first-order chi connectivity index (χ1) is 10.6. The lowest BCUT2D eigenvalue weighted by atomic mass is 9.77. The fourth-order valence-electron chi connectivity index (χ4n) is 3.27. The van der Waals surface area contributed by atoms with E-state index < -0.39 is 0 Å². The van der Waals surface area contributed by atoms with E-state index >= 15 is 0 Å². The number of benzene rings is 1. The predicted octanol–water partition coefficient (Wildman–Crippen LogP) is 3.65. The van der Waals surface area contributed by atoms with Crippen LogP contribution in [0, 0.1) is 18.8 Å². The van der Waals surface area contributed by atoms with Crippen molar-refractivity contribution in [3.63, 3.8) is 0 Å². The standard InChI is InChI=1S/C18H28N2O2/c1-12(2)17(11-21)16(6-5-9-22-4)14-7-8-15-13(3)19-20-18(15)10-14/h7-8,10,12,16-17,21H,5-6,9,11H2,1-4H3,(H,19,20). The summed E-state index contributed by atoms with van der Waals surface area (Å²) in [5, 5.41) is 18.4. The Kier molecular flexibility index (Phi) is 5.98. The van der Waals surface area contributed by atoms with Crippen LogP contribution in [0.15, 0.2) is 18.2 Å². The molecular formula is C18H28N2O2. The molecule has 2 atom stereocenters. The van der Waals surface area contributed by atoms with Gasteiger partial charge in [0.25, 0.3) is 0 Å². The lowest BCUT2D eigenvalue weighted by Gasteiger charge is -2.29. The summed E-state index contributed by atoms with van der Waals surface area (Å²) < 4.78 is 5.20. The van der Waals surface area contributed by atoms with Crippen molar-refractivity contribution in [3.8, 4) is 0 Å². The number of aliphatic hydroxyl groups is 1. The fourth-order valence-corrected chi connectivity index (χ4v) is 3.27. The number of hydrogen-bond donors (Lipinski definition) is 2. The van der Waals surface area contributed by atoms with Crippen LogP contribution in [0.5, 0.6) is 0 Å². The summed E-state index contributed by atoms with van der Waals surface area (Å²) in [5.41, 5.74) is 3.37. The molecule has 2 rings (SSSR count). The summed E-state index contributed by atoms with van der Waals surface area (Å²) in [6.07, 6.45) is 2.02. The second kappa shape index (κ2) is 7.75. The molecule has 0 aliphatic carbocycles. The SMILES string of the molecule is COCCCC(c1ccc2c(C)[nH]nc2c1)C(CO)C(C)C. The van der Waals surface area contributed by atoms with E-state index in [0.717, 1.165) is 30.7 Å². The summed E-state index contributed by atoms with van der Waals surface area (Å²) in [5.74, 6) is 1.03. The number of hydrogen-bond acceptors (Lipinski definition) is 3. The van der Waals surface area contributed by atoms with E-state index in [2.05, 4.69) is 42.2 Å². The predicted molar refractivity (Wildman–Crippen MR) is 90.1 cm³/mol. The van der Waals surface area contributed by atoms with Gasteiger partial charge in [0.15, 0.2) is 0 Å². The van der Waals surface area contributed by atoms with E-state index in [9.17, 15) is 5.11 Å². The van der Waals surface area contributed by atoms with Crippen LogP contribution in [0.25, 0.3) is 10.9 Å². The van der Waals surface area contributed by atoms with Crippen molar-refractivity contribution in [2.24, 2.45) is 11.8 Å². The Hall–Kier alpha value is -1.39. The van der Waals surface area contributed by atoms with Gasteiger partial charge in [-0.1, -0.05) is 26.0 Å². The Labute approximate surface area is 132 Å². The van der Waals surface area contributed by atoms with Crippen LogP contribution in [0.2, 0.25) is 0 Å². The van der Waals surface area contributed by atoms with Crippen LogP contribution in [0.1, 0.15) is 43.9 Å². The van der Waals surface area contributed by atoms with Gasteiger partial charge in [0.05, 0.1) is 5.52 Å². The molecule has 2 unspecified atom stereocenters. The summed E-state index contributed by atoms with van der Waals surface area (Å²) in [7, 11) is 1.74. The molecule has 0 saturated carbocycles. The van der Waals surface area contributed by atoms with E-state index in [1.54, 1.807) is 7.11 Å². The molecule has 0 aliphatic rings.